The molecule has 3 aromatic carbocycles. The molecule has 0 radical (unpaired) electrons. The number of nitrogens with zero attached hydrogens (tertiary/aromatic N) is 2. The van der Waals surface area contributed by atoms with E-state index in [2.05, 4.69) is 0 Å². The molecule has 1 aliphatic heterocycles. The maximum absolute atomic E-state index is 14.8. The molecule has 1 N–H and O–H groups in total. The van der Waals surface area contributed by atoms with Crippen molar-refractivity contribution >= 4 is 46.3 Å². The quantitative estimate of drug-likeness (QED) is 0.308. The number of aliphatic hydroxyl groups is 1. The van der Waals surface area contributed by atoms with Gasteiger partial charge in [-0.1, -0.05) is 41.4 Å². The normalized spacial score (nSPS) is 17.4. The number of halogens is 3. The summed E-state index contributed by atoms with van der Waals surface area (Å²) in [6.07, 6.45) is 0. The van der Waals surface area contributed by atoms with Gasteiger partial charge in [-0.3, -0.25) is 14.5 Å². The van der Waals surface area contributed by atoms with Crippen molar-refractivity contribution in [3.63, 3.8) is 0 Å². The van der Waals surface area contributed by atoms with Gasteiger partial charge in [0.2, 0.25) is 0 Å². The van der Waals surface area contributed by atoms with Gasteiger partial charge in [-0.15, -0.1) is 0 Å². The van der Waals surface area contributed by atoms with Gasteiger partial charge in [0.15, 0.2) is 0 Å². The maximum Gasteiger partial charge on any atom is 0.300 e. The molecule has 158 valence electrons. The van der Waals surface area contributed by atoms with Crippen LogP contribution < -0.4 is 4.90 Å². The molecule has 0 bridgehead atoms. The van der Waals surface area contributed by atoms with E-state index >= 15 is 0 Å². The average Bonchev–Trinajstić information content (AvgIpc) is 3.06. The highest BCUT2D eigenvalue weighted by atomic mass is 35.5. The standard InChI is InChI=1S/C24H13Cl2FN2O3/c25-17-10-7-14(11-18(17)26)22(30)20-21(16-3-1-2-4-19(16)27)29(24(32)23(20)31)15-8-5-13(12-28)6-9-15/h1-11,21,30H/b22-20+. The molecule has 1 fully saturated rings. The van der Waals surface area contributed by atoms with Crippen LogP contribution in [0, 0.1) is 17.1 Å². The molecule has 1 heterocycles. The zero-order valence-corrected chi connectivity index (χ0v) is 17.7. The molecule has 0 spiro atoms. The minimum Gasteiger partial charge on any atom is -0.507 e. The van der Waals surface area contributed by atoms with Gasteiger partial charge in [-0.05, 0) is 48.5 Å². The van der Waals surface area contributed by atoms with Gasteiger partial charge < -0.3 is 5.11 Å². The second-order valence-corrected chi connectivity index (χ2v) is 7.79. The van der Waals surface area contributed by atoms with Crippen LogP contribution in [0.4, 0.5) is 10.1 Å². The van der Waals surface area contributed by atoms with Crippen molar-refractivity contribution in [1.29, 1.82) is 5.26 Å². The second-order valence-electron chi connectivity index (χ2n) is 6.98. The van der Waals surface area contributed by atoms with E-state index in [0.717, 1.165) is 4.90 Å². The van der Waals surface area contributed by atoms with Crippen LogP contribution in [0.2, 0.25) is 10.0 Å². The lowest BCUT2D eigenvalue weighted by Gasteiger charge is -2.25. The Morgan fingerprint density at radius 1 is 1.00 bits per heavy atom. The summed E-state index contributed by atoms with van der Waals surface area (Å²) < 4.78 is 14.8. The van der Waals surface area contributed by atoms with Gasteiger partial charge in [0, 0.05) is 16.8 Å². The summed E-state index contributed by atoms with van der Waals surface area (Å²) in [5, 5.41) is 20.4. The molecule has 8 heteroatoms. The van der Waals surface area contributed by atoms with Gasteiger partial charge in [0.1, 0.15) is 11.6 Å². The monoisotopic (exact) mass is 466 g/mol. The van der Waals surface area contributed by atoms with E-state index in [0.29, 0.717) is 5.56 Å². The Hall–Kier alpha value is -3.66. The number of nitriles is 1. The molecule has 1 aliphatic rings. The summed E-state index contributed by atoms with van der Waals surface area (Å²) in [4.78, 5) is 27.2. The van der Waals surface area contributed by atoms with E-state index in [1.165, 1.54) is 60.7 Å². The van der Waals surface area contributed by atoms with E-state index in [9.17, 15) is 19.1 Å². The van der Waals surface area contributed by atoms with Crippen LogP contribution in [0.25, 0.3) is 5.76 Å². The summed E-state index contributed by atoms with van der Waals surface area (Å²) in [5.41, 5.74) is 0.509. The predicted molar refractivity (Wildman–Crippen MR) is 119 cm³/mol. The number of hydrogen-bond acceptors (Lipinski definition) is 4. The van der Waals surface area contributed by atoms with Crippen molar-refractivity contribution < 1.29 is 19.1 Å². The minimum absolute atomic E-state index is 0.0256. The summed E-state index contributed by atoms with van der Waals surface area (Å²) in [5.74, 6) is -3.08. The number of carbonyl (C=O) groups is 2. The van der Waals surface area contributed by atoms with Crippen molar-refractivity contribution in [3.8, 4) is 6.07 Å². The first-order valence-corrected chi connectivity index (χ1v) is 10.1. The summed E-state index contributed by atoms with van der Waals surface area (Å²) in [6.45, 7) is 0. The van der Waals surface area contributed by atoms with Crippen LogP contribution in [0.3, 0.4) is 0 Å². The third-order valence-corrected chi connectivity index (χ3v) is 5.85. The Morgan fingerprint density at radius 2 is 1.69 bits per heavy atom. The second kappa shape index (κ2) is 8.46. The van der Waals surface area contributed by atoms with Crippen LogP contribution in [0.5, 0.6) is 0 Å². The fourth-order valence-corrected chi connectivity index (χ4v) is 3.88. The number of amides is 1. The SMILES string of the molecule is N#Cc1ccc(N2C(=O)C(=O)/C(=C(/O)c3ccc(Cl)c(Cl)c3)C2c2ccccc2F)cc1. The summed E-state index contributed by atoms with van der Waals surface area (Å²) in [6, 6.07) is 16.6. The Bertz CT molecular complexity index is 1330. The molecular formula is C24H13Cl2FN2O3. The number of anilines is 1. The van der Waals surface area contributed by atoms with Gasteiger partial charge in [-0.2, -0.15) is 5.26 Å². The molecule has 0 aliphatic carbocycles. The highest BCUT2D eigenvalue weighted by Gasteiger charge is 2.47. The molecule has 0 saturated carbocycles. The molecule has 1 amide bonds. The Morgan fingerprint density at radius 3 is 2.31 bits per heavy atom. The fraction of sp³-hybridized carbons (Fsp3) is 0.0417. The lowest BCUT2D eigenvalue weighted by molar-refractivity contribution is -0.132. The summed E-state index contributed by atoms with van der Waals surface area (Å²) >= 11 is 12.0. The number of hydrogen-bond donors (Lipinski definition) is 1. The van der Waals surface area contributed by atoms with E-state index in [-0.39, 0.29) is 32.4 Å². The van der Waals surface area contributed by atoms with Gasteiger partial charge in [-0.25, -0.2) is 4.39 Å². The van der Waals surface area contributed by atoms with Crippen molar-refractivity contribution in [3.05, 3.63) is 105 Å². The number of rotatable bonds is 3. The van der Waals surface area contributed by atoms with Crippen LogP contribution in [-0.4, -0.2) is 16.8 Å². The number of ketones is 1. The van der Waals surface area contributed by atoms with Crippen molar-refractivity contribution in [2.45, 2.75) is 6.04 Å². The minimum atomic E-state index is -1.24. The molecule has 1 saturated heterocycles. The number of aliphatic hydroxyl groups excluding tert-OH is 1. The molecule has 1 atom stereocenters. The Balaban J connectivity index is 1.97. The first-order chi connectivity index (χ1) is 15.3. The molecule has 32 heavy (non-hydrogen) atoms. The lowest BCUT2D eigenvalue weighted by Crippen LogP contribution is -2.29. The third-order valence-electron chi connectivity index (χ3n) is 5.11. The molecule has 1 unspecified atom stereocenters. The molecule has 3 aromatic rings. The van der Waals surface area contributed by atoms with Crippen LogP contribution >= 0.6 is 23.2 Å². The van der Waals surface area contributed by atoms with Gasteiger partial charge >= 0.3 is 0 Å². The number of Topliss-reactive ketones (excluding diaryl/α,β-unsaturated/α-hetero) is 1. The maximum atomic E-state index is 14.8. The molecular weight excluding hydrogens is 454 g/mol. The average molecular weight is 467 g/mol. The zero-order valence-electron chi connectivity index (χ0n) is 16.2. The molecule has 5 nitrogen and oxygen atoms in total. The van der Waals surface area contributed by atoms with E-state index in [4.69, 9.17) is 28.5 Å². The first-order valence-electron chi connectivity index (χ1n) is 9.34. The number of carbonyl (C=O) groups excluding carboxylic acids is 2. The zero-order chi connectivity index (χ0) is 23.0. The third kappa shape index (κ3) is 3.62. The van der Waals surface area contributed by atoms with Crippen LogP contribution in [0.1, 0.15) is 22.7 Å². The van der Waals surface area contributed by atoms with E-state index in [1.54, 1.807) is 6.07 Å². The van der Waals surface area contributed by atoms with Crippen LogP contribution in [0.15, 0.2) is 72.3 Å². The highest BCUT2D eigenvalue weighted by molar-refractivity contribution is 6.51. The molecule has 0 aromatic heterocycles. The van der Waals surface area contributed by atoms with Crippen molar-refractivity contribution in [1.82, 2.24) is 0 Å². The van der Waals surface area contributed by atoms with E-state index < -0.39 is 29.3 Å². The summed E-state index contributed by atoms with van der Waals surface area (Å²) in [7, 11) is 0. The fourth-order valence-electron chi connectivity index (χ4n) is 3.59. The van der Waals surface area contributed by atoms with Gasteiger partial charge in [0.05, 0.1) is 33.3 Å². The largest absolute Gasteiger partial charge is 0.507 e. The highest BCUT2D eigenvalue weighted by Crippen LogP contribution is 2.43. The Labute approximate surface area is 192 Å². The number of benzene rings is 3. The van der Waals surface area contributed by atoms with Gasteiger partial charge in [0.25, 0.3) is 11.7 Å². The lowest BCUT2D eigenvalue weighted by atomic mass is 9.94. The van der Waals surface area contributed by atoms with E-state index in [1.807, 2.05) is 6.07 Å². The predicted octanol–water partition coefficient (Wildman–Crippen LogP) is 5.63. The topological polar surface area (TPSA) is 81.4 Å². The smallest absolute Gasteiger partial charge is 0.300 e. The van der Waals surface area contributed by atoms with Crippen molar-refractivity contribution in [2.75, 3.05) is 4.90 Å². The first kappa shape index (κ1) is 21.6. The Kier molecular flexibility index (Phi) is 5.70. The molecule has 4 rings (SSSR count). The van der Waals surface area contributed by atoms with Crippen LogP contribution in [-0.2, 0) is 9.59 Å². The van der Waals surface area contributed by atoms with Crippen molar-refractivity contribution in [2.24, 2.45) is 0 Å².